The quantitative estimate of drug-likeness (QED) is 0.299. The standard InChI is InChI=1S/C23H19BrClN3O3/c24-17-6-2-15(3-7-17)20-19(21(29)16-4-8-18(25)9-5-16)22(30)23(31)28(20)12-1-11-27-13-10-26-14-27/h2-10,13-14,20,29H,1,11-12H2/t20-/m1/s1. The number of Topliss-reactive ketones (excluding diaryl/α,β-unsaturated/α-hetero) is 1. The second kappa shape index (κ2) is 9.08. The largest absolute Gasteiger partial charge is 0.507 e. The van der Waals surface area contributed by atoms with Crippen LogP contribution in [0.4, 0.5) is 0 Å². The molecule has 0 unspecified atom stereocenters. The van der Waals surface area contributed by atoms with Gasteiger partial charge in [0.2, 0.25) is 0 Å². The van der Waals surface area contributed by atoms with E-state index >= 15 is 0 Å². The molecule has 1 aromatic heterocycles. The van der Waals surface area contributed by atoms with Crippen LogP contribution in [0.5, 0.6) is 0 Å². The van der Waals surface area contributed by atoms with Gasteiger partial charge in [-0.15, -0.1) is 0 Å². The van der Waals surface area contributed by atoms with Crippen molar-refractivity contribution in [2.24, 2.45) is 0 Å². The van der Waals surface area contributed by atoms with Crippen LogP contribution in [0.15, 0.2) is 77.3 Å². The lowest BCUT2D eigenvalue weighted by Gasteiger charge is -2.25. The van der Waals surface area contributed by atoms with E-state index in [9.17, 15) is 14.7 Å². The maximum Gasteiger partial charge on any atom is 0.295 e. The first-order chi connectivity index (χ1) is 15.0. The van der Waals surface area contributed by atoms with Crippen molar-refractivity contribution in [3.05, 3.63) is 93.4 Å². The molecule has 1 saturated heterocycles. The molecule has 0 bridgehead atoms. The van der Waals surface area contributed by atoms with Crippen LogP contribution in [0.1, 0.15) is 23.6 Å². The highest BCUT2D eigenvalue weighted by molar-refractivity contribution is 9.10. The van der Waals surface area contributed by atoms with Crippen LogP contribution in [-0.4, -0.2) is 37.8 Å². The van der Waals surface area contributed by atoms with Gasteiger partial charge in [-0.25, -0.2) is 4.98 Å². The molecule has 31 heavy (non-hydrogen) atoms. The Morgan fingerprint density at radius 2 is 1.77 bits per heavy atom. The molecule has 1 N–H and O–H groups in total. The third-order valence-electron chi connectivity index (χ3n) is 5.22. The summed E-state index contributed by atoms with van der Waals surface area (Å²) in [5.74, 6) is -1.52. The van der Waals surface area contributed by atoms with E-state index in [4.69, 9.17) is 11.6 Å². The number of aryl methyl sites for hydroxylation is 1. The van der Waals surface area contributed by atoms with Crippen LogP contribution in [0, 0.1) is 0 Å². The lowest BCUT2D eigenvalue weighted by atomic mass is 9.95. The molecule has 158 valence electrons. The molecule has 2 heterocycles. The molecular weight excluding hydrogens is 482 g/mol. The number of aliphatic hydroxyl groups excluding tert-OH is 1. The molecule has 4 rings (SSSR count). The minimum atomic E-state index is -0.692. The zero-order chi connectivity index (χ0) is 22.0. The van der Waals surface area contributed by atoms with Crippen LogP contribution >= 0.6 is 27.5 Å². The Morgan fingerprint density at radius 3 is 2.42 bits per heavy atom. The van der Waals surface area contributed by atoms with Crippen molar-refractivity contribution in [3.8, 4) is 0 Å². The summed E-state index contributed by atoms with van der Waals surface area (Å²) in [6.07, 6.45) is 5.89. The molecule has 1 aliphatic rings. The maximum atomic E-state index is 13.0. The Hall–Kier alpha value is -2.90. The number of amides is 1. The number of ketones is 1. The number of nitrogens with zero attached hydrogens (tertiary/aromatic N) is 3. The highest BCUT2D eigenvalue weighted by Crippen LogP contribution is 2.39. The molecule has 0 radical (unpaired) electrons. The van der Waals surface area contributed by atoms with Crippen molar-refractivity contribution in [1.82, 2.24) is 14.5 Å². The Kier molecular flexibility index (Phi) is 6.25. The van der Waals surface area contributed by atoms with Crippen molar-refractivity contribution >= 4 is 45.0 Å². The minimum Gasteiger partial charge on any atom is -0.507 e. The summed E-state index contributed by atoms with van der Waals surface area (Å²) in [6, 6.07) is 13.2. The van der Waals surface area contributed by atoms with E-state index in [1.54, 1.807) is 36.8 Å². The van der Waals surface area contributed by atoms with Crippen LogP contribution < -0.4 is 0 Å². The number of imidazole rings is 1. The number of halogens is 2. The van der Waals surface area contributed by atoms with Crippen molar-refractivity contribution in [2.45, 2.75) is 19.0 Å². The van der Waals surface area contributed by atoms with Crippen molar-refractivity contribution in [3.63, 3.8) is 0 Å². The van der Waals surface area contributed by atoms with Gasteiger partial charge in [0.15, 0.2) is 0 Å². The first-order valence-corrected chi connectivity index (χ1v) is 10.9. The van der Waals surface area contributed by atoms with Crippen LogP contribution in [-0.2, 0) is 16.1 Å². The van der Waals surface area contributed by atoms with Gasteiger partial charge < -0.3 is 14.6 Å². The Balaban J connectivity index is 1.72. The monoisotopic (exact) mass is 499 g/mol. The summed E-state index contributed by atoms with van der Waals surface area (Å²) in [5.41, 5.74) is 1.26. The number of benzene rings is 2. The van der Waals surface area contributed by atoms with Crippen LogP contribution in [0.2, 0.25) is 5.02 Å². The topological polar surface area (TPSA) is 75.4 Å². The normalized spacial score (nSPS) is 18.0. The van der Waals surface area contributed by atoms with E-state index in [1.807, 2.05) is 35.0 Å². The summed E-state index contributed by atoms with van der Waals surface area (Å²) in [4.78, 5) is 31.5. The third kappa shape index (κ3) is 4.43. The van der Waals surface area contributed by atoms with Gasteiger partial charge >= 0.3 is 0 Å². The van der Waals surface area contributed by atoms with Crippen molar-refractivity contribution in [2.75, 3.05) is 6.54 Å². The molecular formula is C23H19BrClN3O3. The fourth-order valence-corrected chi connectivity index (χ4v) is 4.10. The molecule has 1 aliphatic heterocycles. The molecule has 1 fully saturated rings. The van der Waals surface area contributed by atoms with Crippen LogP contribution in [0.3, 0.4) is 0 Å². The lowest BCUT2D eigenvalue weighted by molar-refractivity contribution is -0.139. The van der Waals surface area contributed by atoms with Crippen LogP contribution in [0.25, 0.3) is 5.76 Å². The highest BCUT2D eigenvalue weighted by atomic mass is 79.9. The molecule has 1 amide bonds. The van der Waals surface area contributed by atoms with Gasteiger partial charge in [-0.05, 0) is 48.4 Å². The summed E-state index contributed by atoms with van der Waals surface area (Å²) < 4.78 is 2.80. The van der Waals surface area contributed by atoms with E-state index in [-0.39, 0.29) is 11.3 Å². The number of aliphatic hydroxyl groups is 1. The molecule has 1 atom stereocenters. The highest BCUT2D eigenvalue weighted by Gasteiger charge is 2.45. The van der Waals surface area contributed by atoms with Gasteiger partial charge in [-0.1, -0.05) is 39.7 Å². The predicted molar refractivity (Wildman–Crippen MR) is 121 cm³/mol. The molecule has 0 saturated carbocycles. The van der Waals surface area contributed by atoms with Gasteiger partial charge in [-0.3, -0.25) is 9.59 Å². The fourth-order valence-electron chi connectivity index (χ4n) is 3.71. The Labute approximate surface area is 192 Å². The van der Waals surface area contributed by atoms with Gasteiger partial charge in [0, 0.05) is 40.5 Å². The average Bonchev–Trinajstić information content (AvgIpc) is 3.37. The number of carbonyl (C=O) groups excluding carboxylic acids is 2. The maximum absolute atomic E-state index is 13.0. The number of likely N-dealkylation sites (tertiary alicyclic amines) is 1. The van der Waals surface area contributed by atoms with Gasteiger partial charge in [0.05, 0.1) is 17.9 Å². The molecule has 8 heteroatoms. The fraction of sp³-hybridized carbons (Fsp3) is 0.174. The zero-order valence-corrected chi connectivity index (χ0v) is 18.8. The molecule has 2 aromatic carbocycles. The van der Waals surface area contributed by atoms with E-state index < -0.39 is 17.7 Å². The van der Waals surface area contributed by atoms with E-state index in [0.717, 1.165) is 10.0 Å². The summed E-state index contributed by atoms with van der Waals surface area (Å²) in [7, 11) is 0. The summed E-state index contributed by atoms with van der Waals surface area (Å²) in [5, 5.41) is 11.5. The summed E-state index contributed by atoms with van der Waals surface area (Å²) in [6.45, 7) is 1.02. The summed E-state index contributed by atoms with van der Waals surface area (Å²) >= 11 is 9.37. The smallest absolute Gasteiger partial charge is 0.295 e. The molecule has 3 aromatic rings. The predicted octanol–water partition coefficient (Wildman–Crippen LogP) is 4.81. The van der Waals surface area contributed by atoms with Gasteiger partial charge in [0.1, 0.15) is 5.76 Å². The second-order valence-electron chi connectivity index (χ2n) is 7.20. The first kappa shape index (κ1) is 21.3. The molecule has 0 aliphatic carbocycles. The van der Waals surface area contributed by atoms with Gasteiger partial charge in [0.25, 0.3) is 11.7 Å². The number of hydrogen-bond acceptors (Lipinski definition) is 4. The lowest BCUT2D eigenvalue weighted by Crippen LogP contribution is -2.31. The zero-order valence-electron chi connectivity index (χ0n) is 16.4. The second-order valence-corrected chi connectivity index (χ2v) is 8.56. The third-order valence-corrected chi connectivity index (χ3v) is 6.00. The van der Waals surface area contributed by atoms with Crippen molar-refractivity contribution < 1.29 is 14.7 Å². The molecule has 6 nitrogen and oxygen atoms in total. The van der Waals surface area contributed by atoms with E-state index in [1.165, 1.54) is 4.90 Å². The molecule has 0 spiro atoms. The van der Waals surface area contributed by atoms with E-state index in [2.05, 4.69) is 20.9 Å². The number of carbonyl (C=O) groups is 2. The van der Waals surface area contributed by atoms with E-state index in [0.29, 0.717) is 30.1 Å². The Morgan fingerprint density at radius 1 is 1.06 bits per heavy atom. The first-order valence-electron chi connectivity index (χ1n) is 9.71. The minimum absolute atomic E-state index is 0.0808. The number of hydrogen-bond donors (Lipinski definition) is 1. The number of rotatable bonds is 6. The average molecular weight is 501 g/mol. The number of aromatic nitrogens is 2. The SMILES string of the molecule is O=C1C(=O)N(CCCn2ccnc2)[C@H](c2ccc(Br)cc2)C1=C(O)c1ccc(Cl)cc1. The van der Waals surface area contributed by atoms with Gasteiger partial charge in [-0.2, -0.15) is 0 Å². The van der Waals surface area contributed by atoms with Crippen molar-refractivity contribution in [1.29, 1.82) is 0 Å². The Bertz CT molecular complexity index is 1130.